The molecule has 0 fully saturated rings. The Bertz CT molecular complexity index is 563. The van der Waals surface area contributed by atoms with E-state index in [9.17, 15) is 4.79 Å². The molecule has 0 radical (unpaired) electrons. The van der Waals surface area contributed by atoms with Crippen molar-refractivity contribution in [3.05, 3.63) is 36.3 Å². The third-order valence-corrected chi connectivity index (χ3v) is 2.83. The lowest BCUT2D eigenvalue weighted by atomic mass is 10.2. The van der Waals surface area contributed by atoms with Gasteiger partial charge in [-0.1, -0.05) is 18.2 Å². The fourth-order valence-electron chi connectivity index (χ4n) is 1.87. The monoisotopic (exact) mass is 258 g/mol. The van der Waals surface area contributed by atoms with Gasteiger partial charge in [-0.15, -0.1) is 0 Å². The number of benzene rings is 1. The van der Waals surface area contributed by atoms with Gasteiger partial charge in [-0.3, -0.25) is 4.79 Å². The summed E-state index contributed by atoms with van der Waals surface area (Å²) in [7, 11) is 4.03. The topological polar surface area (TPSA) is 58.1 Å². The van der Waals surface area contributed by atoms with Crippen molar-refractivity contribution in [3.8, 4) is 0 Å². The Hall–Kier alpha value is -2.01. The average molecular weight is 258 g/mol. The molecule has 1 N–H and O–H groups in total. The second kappa shape index (κ2) is 6.24. The van der Waals surface area contributed by atoms with Gasteiger partial charge in [-0.05, 0) is 33.1 Å². The van der Waals surface area contributed by atoms with Crippen LogP contribution in [0.3, 0.4) is 0 Å². The van der Waals surface area contributed by atoms with Crippen molar-refractivity contribution in [2.45, 2.75) is 6.42 Å². The smallest absolute Gasteiger partial charge is 0.270 e. The van der Waals surface area contributed by atoms with E-state index in [0.29, 0.717) is 12.2 Å². The molecule has 1 amide bonds. The minimum atomic E-state index is -0.141. The Balaban J connectivity index is 2.05. The maximum Gasteiger partial charge on any atom is 0.270 e. The van der Waals surface area contributed by atoms with Gasteiger partial charge in [-0.25, -0.2) is 9.97 Å². The molecule has 5 heteroatoms. The number of nitrogens with zero attached hydrogens (tertiary/aromatic N) is 3. The van der Waals surface area contributed by atoms with Crippen LogP contribution >= 0.6 is 0 Å². The zero-order chi connectivity index (χ0) is 13.7. The van der Waals surface area contributed by atoms with E-state index in [1.165, 1.54) is 6.33 Å². The minimum Gasteiger partial charge on any atom is -0.351 e. The van der Waals surface area contributed by atoms with Crippen molar-refractivity contribution < 1.29 is 4.79 Å². The third kappa shape index (κ3) is 3.48. The molecule has 0 unspecified atom stereocenters. The molecule has 2 aromatic rings. The number of para-hydroxylation sites is 1. The Kier molecular flexibility index (Phi) is 4.41. The highest BCUT2D eigenvalue weighted by Crippen LogP contribution is 2.13. The minimum absolute atomic E-state index is 0.141. The van der Waals surface area contributed by atoms with E-state index < -0.39 is 0 Å². The highest BCUT2D eigenvalue weighted by Gasteiger charge is 2.11. The molecule has 0 aliphatic heterocycles. The number of nitrogens with one attached hydrogen (secondary N) is 1. The lowest BCUT2D eigenvalue weighted by Gasteiger charge is -2.10. The van der Waals surface area contributed by atoms with Gasteiger partial charge in [0, 0.05) is 11.9 Å². The van der Waals surface area contributed by atoms with Crippen LogP contribution < -0.4 is 5.32 Å². The summed E-state index contributed by atoms with van der Waals surface area (Å²) in [6.45, 7) is 1.60. The summed E-state index contributed by atoms with van der Waals surface area (Å²) in [5.74, 6) is -0.141. The van der Waals surface area contributed by atoms with Gasteiger partial charge in [0.1, 0.15) is 12.0 Å². The Morgan fingerprint density at radius 1 is 1.26 bits per heavy atom. The largest absolute Gasteiger partial charge is 0.351 e. The van der Waals surface area contributed by atoms with Crippen molar-refractivity contribution in [2.75, 3.05) is 27.2 Å². The molecular weight excluding hydrogens is 240 g/mol. The summed E-state index contributed by atoms with van der Waals surface area (Å²) < 4.78 is 0. The Morgan fingerprint density at radius 2 is 2.05 bits per heavy atom. The summed E-state index contributed by atoms with van der Waals surface area (Å²) in [5.41, 5.74) is 1.23. The molecule has 0 atom stereocenters. The third-order valence-electron chi connectivity index (χ3n) is 2.83. The van der Waals surface area contributed by atoms with E-state index in [2.05, 4.69) is 20.2 Å². The average Bonchev–Trinajstić information content (AvgIpc) is 2.42. The molecule has 19 heavy (non-hydrogen) atoms. The normalized spacial score (nSPS) is 10.9. The number of aromatic nitrogens is 2. The van der Waals surface area contributed by atoms with Gasteiger partial charge in [0.05, 0.1) is 5.52 Å². The SMILES string of the molecule is CN(C)CCCNC(=O)c1ncnc2ccccc12. The predicted molar refractivity (Wildman–Crippen MR) is 75.0 cm³/mol. The molecule has 2 rings (SSSR count). The van der Waals surface area contributed by atoms with Crippen LogP contribution in [-0.4, -0.2) is 48.0 Å². The highest BCUT2D eigenvalue weighted by atomic mass is 16.1. The first-order valence-electron chi connectivity index (χ1n) is 6.31. The summed E-state index contributed by atoms with van der Waals surface area (Å²) in [6, 6.07) is 7.52. The summed E-state index contributed by atoms with van der Waals surface area (Å²) in [4.78, 5) is 22.4. The first-order chi connectivity index (χ1) is 9.18. The molecule has 0 aliphatic rings. The van der Waals surface area contributed by atoms with Crippen LogP contribution in [0, 0.1) is 0 Å². The maximum atomic E-state index is 12.1. The zero-order valence-corrected chi connectivity index (χ0v) is 11.3. The van der Waals surface area contributed by atoms with E-state index in [0.717, 1.165) is 23.9 Å². The van der Waals surface area contributed by atoms with E-state index in [4.69, 9.17) is 0 Å². The van der Waals surface area contributed by atoms with Gasteiger partial charge >= 0.3 is 0 Å². The zero-order valence-electron chi connectivity index (χ0n) is 11.3. The van der Waals surface area contributed by atoms with Gasteiger partial charge in [0.15, 0.2) is 0 Å². The van der Waals surface area contributed by atoms with Gasteiger partial charge in [-0.2, -0.15) is 0 Å². The second-order valence-electron chi connectivity index (χ2n) is 4.65. The Morgan fingerprint density at radius 3 is 2.84 bits per heavy atom. The number of rotatable bonds is 5. The van der Waals surface area contributed by atoms with Gasteiger partial charge in [0.2, 0.25) is 0 Å². The predicted octanol–water partition coefficient (Wildman–Crippen LogP) is 1.31. The van der Waals surface area contributed by atoms with Crippen LogP contribution in [0.25, 0.3) is 10.9 Å². The van der Waals surface area contributed by atoms with Crippen molar-refractivity contribution in [2.24, 2.45) is 0 Å². The van der Waals surface area contributed by atoms with Crippen LogP contribution in [0.4, 0.5) is 0 Å². The van der Waals surface area contributed by atoms with Crippen molar-refractivity contribution in [3.63, 3.8) is 0 Å². The maximum absolute atomic E-state index is 12.1. The fourth-order valence-corrected chi connectivity index (χ4v) is 1.87. The van der Waals surface area contributed by atoms with Crippen LogP contribution in [0.15, 0.2) is 30.6 Å². The van der Waals surface area contributed by atoms with Gasteiger partial charge in [0.25, 0.3) is 5.91 Å². The first-order valence-corrected chi connectivity index (χ1v) is 6.31. The molecule has 0 saturated carbocycles. The Labute approximate surface area is 112 Å². The van der Waals surface area contributed by atoms with Crippen molar-refractivity contribution in [1.29, 1.82) is 0 Å². The number of hydrogen-bond acceptors (Lipinski definition) is 4. The first kappa shape index (κ1) is 13.4. The fraction of sp³-hybridized carbons (Fsp3) is 0.357. The van der Waals surface area contributed by atoms with Crippen LogP contribution in [0.1, 0.15) is 16.9 Å². The lowest BCUT2D eigenvalue weighted by molar-refractivity contribution is 0.0949. The van der Waals surface area contributed by atoms with E-state index in [-0.39, 0.29) is 5.91 Å². The summed E-state index contributed by atoms with van der Waals surface area (Å²) in [6.07, 6.45) is 2.35. The molecule has 1 aromatic carbocycles. The lowest BCUT2D eigenvalue weighted by Crippen LogP contribution is -2.28. The van der Waals surface area contributed by atoms with E-state index in [1.807, 2.05) is 38.4 Å². The van der Waals surface area contributed by atoms with Crippen molar-refractivity contribution in [1.82, 2.24) is 20.2 Å². The summed E-state index contributed by atoms with van der Waals surface area (Å²) in [5, 5.41) is 3.68. The van der Waals surface area contributed by atoms with Crippen LogP contribution in [0.2, 0.25) is 0 Å². The molecule has 1 aromatic heterocycles. The molecule has 1 heterocycles. The van der Waals surface area contributed by atoms with E-state index in [1.54, 1.807) is 0 Å². The number of hydrogen-bond donors (Lipinski definition) is 1. The molecule has 0 spiro atoms. The van der Waals surface area contributed by atoms with Crippen LogP contribution in [0.5, 0.6) is 0 Å². The number of fused-ring (bicyclic) bond motifs is 1. The van der Waals surface area contributed by atoms with Gasteiger partial charge < -0.3 is 10.2 Å². The molecule has 0 aliphatic carbocycles. The molecule has 0 saturated heterocycles. The van der Waals surface area contributed by atoms with Crippen molar-refractivity contribution >= 4 is 16.8 Å². The standard InChI is InChI=1S/C14H18N4O/c1-18(2)9-5-8-15-14(19)13-11-6-3-4-7-12(11)16-10-17-13/h3-4,6-7,10H,5,8-9H2,1-2H3,(H,15,19). The second-order valence-corrected chi connectivity index (χ2v) is 4.65. The van der Waals surface area contributed by atoms with E-state index >= 15 is 0 Å². The number of carbonyl (C=O) groups is 1. The number of amides is 1. The quantitative estimate of drug-likeness (QED) is 0.822. The highest BCUT2D eigenvalue weighted by molar-refractivity contribution is 6.04. The molecule has 100 valence electrons. The molecule has 0 bridgehead atoms. The number of carbonyl (C=O) groups excluding carboxylic acids is 1. The molecule has 5 nitrogen and oxygen atoms in total. The molecular formula is C14H18N4O. The van der Waals surface area contributed by atoms with Crippen LogP contribution in [-0.2, 0) is 0 Å². The summed E-state index contributed by atoms with van der Waals surface area (Å²) >= 11 is 0.